The molecule has 0 aliphatic heterocycles. The maximum Gasteiger partial charge on any atom is 0.232 e. The Kier molecular flexibility index (Phi) is 4.23. The molecule has 1 aromatic carbocycles. The first-order valence-electron chi connectivity index (χ1n) is 3.38. The zero-order valence-corrected chi connectivity index (χ0v) is 9.43. The second-order valence-corrected chi connectivity index (χ2v) is 4.26. The van der Waals surface area contributed by atoms with Gasteiger partial charge < -0.3 is 0 Å². The normalized spacial score (nSPS) is 12.8. The largest absolute Gasteiger partial charge is 0.294 e. The molecule has 1 aromatic rings. The van der Waals surface area contributed by atoms with Crippen molar-refractivity contribution in [2.24, 2.45) is 0 Å². The van der Waals surface area contributed by atoms with E-state index < -0.39 is 11.3 Å². The van der Waals surface area contributed by atoms with Gasteiger partial charge in [-0.25, -0.2) is 13.3 Å². The van der Waals surface area contributed by atoms with Gasteiger partial charge in [-0.1, -0.05) is 6.07 Å². The predicted octanol–water partition coefficient (Wildman–Crippen LogP) is 1.66. The smallest absolute Gasteiger partial charge is 0.232 e. The molecule has 13 heavy (non-hydrogen) atoms. The van der Waals surface area contributed by atoms with Crippen LogP contribution in [0.5, 0.6) is 0 Å². The Morgan fingerprint density at radius 1 is 1.62 bits per heavy atom. The van der Waals surface area contributed by atoms with Crippen molar-refractivity contribution in [1.29, 1.82) is 0 Å². The maximum atomic E-state index is 12.6. The fourth-order valence-electron chi connectivity index (χ4n) is 0.805. The van der Waals surface area contributed by atoms with Crippen molar-refractivity contribution >= 4 is 33.9 Å². The highest BCUT2D eigenvalue weighted by Crippen LogP contribution is 2.13. The predicted molar refractivity (Wildman–Crippen MR) is 56.7 cm³/mol. The Balaban J connectivity index is 2.72. The van der Waals surface area contributed by atoms with Gasteiger partial charge in [-0.15, -0.1) is 0 Å². The van der Waals surface area contributed by atoms with E-state index in [0.29, 0.717) is 0 Å². The second kappa shape index (κ2) is 4.99. The van der Waals surface area contributed by atoms with Crippen LogP contribution in [0.15, 0.2) is 18.2 Å². The summed E-state index contributed by atoms with van der Waals surface area (Å²) in [7, 11) is 0. The summed E-state index contributed by atoms with van der Waals surface area (Å²) in [6.45, 7) is 0.252. The van der Waals surface area contributed by atoms with Crippen molar-refractivity contribution in [3.63, 3.8) is 0 Å². The number of rotatable bonds is 3. The molecule has 1 rings (SSSR count). The van der Waals surface area contributed by atoms with Crippen molar-refractivity contribution in [2.75, 3.05) is 0 Å². The average Bonchev–Trinajstić information content (AvgIpc) is 2.02. The van der Waals surface area contributed by atoms with Crippen molar-refractivity contribution in [3.8, 4) is 0 Å². The summed E-state index contributed by atoms with van der Waals surface area (Å²) < 4.78 is 34.4. The third kappa shape index (κ3) is 3.67. The van der Waals surface area contributed by atoms with Crippen molar-refractivity contribution in [1.82, 2.24) is 4.72 Å². The lowest BCUT2D eigenvalue weighted by atomic mass is 10.2. The molecule has 0 aromatic heterocycles. The van der Waals surface area contributed by atoms with Gasteiger partial charge in [0.15, 0.2) is 0 Å². The Morgan fingerprint density at radius 2 is 2.31 bits per heavy atom. The molecule has 0 amide bonds. The molecule has 3 nitrogen and oxygen atoms in total. The first kappa shape index (κ1) is 11.0. The number of benzene rings is 1. The highest BCUT2D eigenvalue weighted by Gasteiger charge is 2.01. The van der Waals surface area contributed by atoms with Crippen LogP contribution in [0, 0.1) is 9.39 Å². The topological polar surface area (TPSA) is 49.3 Å². The summed E-state index contributed by atoms with van der Waals surface area (Å²) in [5, 5.41) is 0. The number of nitrogens with one attached hydrogen (secondary N) is 1. The third-order valence-electron chi connectivity index (χ3n) is 1.40. The van der Waals surface area contributed by atoms with Crippen molar-refractivity contribution in [2.45, 2.75) is 6.54 Å². The van der Waals surface area contributed by atoms with Crippen LogP contribution < -0.4 is 4.72 Å². The number of halogens is 2. The molecule has 2 N–H and O–H groups in total. The molecular formula is C7H7FINO2S. The standard InChI is InChI=1S/C7H7FINO2S/c8-6-2-1-5(7(9)3-6)4-10-13(11)12/h1-3,10H,4H2,(H,11,12). The molecule has 0 spiro atoms. The molecule has 1 unspecified atom stereocenters. The number of hydrogen-bond donors (Lipinski definition) is 2. The molecule has 6 heteroatoms. The Morgan fingerprint density at radius 3 is 2.85 bits per heavy atom. The lowest BCUT2D eigenvalue weighted by Crippen LogP contribution is -2.16. The van der Waals surface area contributed by atoms with E-state index in [2.05, 4.69) is 4.72 Å². The summed E-state index contributed by atoms with van der Waals surface area (Å²) in [6, 6.07) is 4.27. The van der Waals surface area contributed by atoms with E-state index in [4.69, 9.17) is 4.55 Å². The van der Waals surface area contributed by atoms with E-state index in [1.165, 1.54) is 12.1 Å². The lowest BCUT2D eigenvalue weighted by Gasteiger charge is -2.03. The van der Waals surface area contributed by atoms with Gasteiger partial charge in [0.05, 0.1) is 0 Å². The van der Waals surface area contributed by atoms with E-state index in [1.54, 1.807) is 6.07 Å². The first-order chi connectivity index (χ1) is 6.09. The van der Waals surface area contributed by atoms with Gasteiger partial charge in [-0.05, 0) is 40.3 Å². The molecule has 0 radical (unpaired) electrons. The average molecular weight is 315 g/mol. The van der Waals surface area contributed by atoms with Crippen LogP contribution in [-0.4, -0.2) is 8.76 Å². The number of hydrogen-bond acceptors (Lipinski definition) is 1. The van der Waals surface area contributed by atoms with E-state index in [-0.39, 0.29) is 12.4 Å². The van der Waals surface area contributed by atoms with Crippen molar-refractivity contribution in [3.05, 3.63) is 33.1 Å². The minimum atomic E-state index is -2.03. The zero-order valence-electron chi connectivity index (χ0n) is 6.46. The Labute approximate surface area is 91.3 Å². The fourth-order valence-corrected chi connectivity index (χ4v) is 1.75. The van der Waals surface area contributed by atoms with Crippen LogP contribution in [0.3, 0.4) is 0 Å². The van der Waals surface area contributed by atoms with Gasteiger partial charge >= 0.3 is 0 Å². The van der Waals surface area contributed by atoms with E-state index in [0.717, 1.165) is 9.13 Å². The maximum absolute atomic E-state index is 12.6. The molecule has 72 valence electrons. The van der Waals surface area contributed by atoms with Crippen LogP contribution >= 0.6 is 22.6 Å². The first-order valence-corrected chi connectivity index (χ1v) is 5.56. The molecule has 0 aliphatic rings. The van der Waals surface area contributed by atoms with E-state index in [9.17, 15) is 8.60 Å². The SMILES string of the molecule is O=S(O)NCc1ccc(F)cc1I. The van der Waals surface area contributed by atoms with Crippen LogP contribution in [0.25, 0.3) is 0 Å². The van der Waals surface area contributed by atoms with Crippen LogP contribution in [-0.2, 0) is 17.8 Å². The Bertz CT molecular complexity index is 334. The summed E-state index contributed by atoms with van der Waals surface area (Å²) in [4.78, 5) is 0. The molecule has 0 fully saturated rings. The minimum Gasteiger partial charge on any atom is -0.294 e. The summed E-state index contributed by atoms with van der Waals surface area (Å²) in [5.41, 5.74) is 0.796. The van der Waals surface area contributed by atoms with Gasteiger partial charge in [-0.3, -0.25) is 4.55 Å². The fraction of sp³-hybridized carbons (Fsp3) is 0.143. The van der Waals surface area contributed by atoms with Gasteiger partial charge in [0, 0.05) is 10.1 Å². The van der Waals surface area contributed by atoms with Gasteiger partial charge in [0.1, 0.15) is 5.82 Å². The molecule has 0 aliphatic carbocycles. The quantitative estimate of drug-likeness (QED) is 0.658. The third-order valence-corrected chi connectivity index (χ3v) is 2.80. The molecule has 0 bridgehead atoms. The van der Waals surface area contributed by atoms with Crippen LogP contribution in [0.2, 0.25) is 0 Å². The van der Waals surface area contributed by atoms with E-state index >= 15 is 0 Å². The van der Waals surface area contributed by atoms with Gasteiger partial charge in [-0.2, -0.15) is 0 Å². The second-order valence-electron chi connectivity index (χ2n) is 2.31. The Hall–Kier alpha value is -0.0500. The molecule has 0 saturated carbocycles. The molecular weight excluding hydrogens is 308 g/mol. The minimum absolute atomic E-state index is 0.252. The lowest BCUT2D eigenvalue weighted by molar-refractivity contribution is 0.548. The van der Waals surface area contributed by atoms with Crippen LogP contribution in [0.1, 0.15) is 5.56 Å². The zero-order chi connectivity index (χ0) is 9.84. The van der Waals surface area contributed by atoms with Crippen molar-refractivity contribution < 1.29 is 13.2 Å². The van der Waals surface area contributed by atoms with Crippen LogP contribution in [0.4, 0.5) is 4.39 Å². The summed E-state index contributed by atoms with van der Waals surface area (Å²) in [6.07, 6.45) is 0. The highest BCUT2D eigenvalue weighted by atomic mass is 127. The highest BCUT2D eigenvalue weighted by molar-refractivity contribution is 14.1. The molecule has 1 atom stereocenters. The summed E-state index contributed by atoms with van der Waals surface area (Å²) in [5.74, 6) is -0.307. The molecule has 0 saturated heterocycles. The van der Waals surface area contributed by atoms with Gasteiger partial charge in [0.25, 0.3) is 0 Å². The molecule has 0 heterocycles. The van der Waals surface area contributed by atoms with Gasteiger partial charge in [0.2, 0.25) is 11.3 Å². The summed E-state index contributed by atoms with van der Waals surface area (Å²) >= 11 is -0.0546. The monoisotopic (exact) mass is 315 g/mol. The van der Waals surface area contributed by atoms with E-state index in [1.807, 2.05) is 22.6 Å².